The first-order chi connectivity index (χ1) is 15.7. The summed E-state index contributed by atoms with van der Waals surface area (Å²) in [6.45, 7) is 4.45. The van der Waals surface area contributed by atoms with Crippen molar-refractivity contribution < 1.29 is 19.7 Å². The van der Waals surface area contributed by atoms with Crippen LogP contribution in [-0.2, 0) is 0 Å². The Morgan fingerprint density at radius 1 is 0.844 bits per heavy atom. The van der Waals surface area contributed by atoms with E-state index in [-0.39, 0.29) is 6.04 Å². The van der Waals surface area contributed by atoms with Gasteiger partial charge in [0.2, 0.25) is 0 Å². The third kappa shape index (κ3) is 3.64. The smallest absolute Gasteiger partial charge is 0.142 e. The summed E-state index contributed by atoms with van der Waals surface area (Å²) in [6, 6.07) is 27.0. The number of fused-ring (bicyclic) bond motifs is 1. The number of nitrogens with zero attached hydrogens (tertiary/aromatic N) is 1. The number of methoxy groups -OCH3 is 1. The van der Waals surface area contributed by atoms with Crippen molar-refractivity contribution in [3.8, 4) is 17.0 Å². The molecule has 2 heterocycles. The molecular weight excluding hydrogens is 398 g/mol. The molecule has 3 N–H and O–H groups in total. The summed E-state index contributed by atoms with van der Waals surface area (Å²) in [7, 11) is 3.97. The maximum Gasteiger partial charge on any atom is 0.142 e. The first-order valence-electron chi connectivity index (χ1n) is 11.3. The summed E-state index contributed by atoms with van der Waals surface area (Å²) < 4.78 is 6.81. The molecule has 1 aliphatic heterocycles. The van der Waals surface area contributed by atoms with Gasteiger partial charge in [-0.2, -0.15) is 4.73 Å². The lowest BCUT2D eigenvalue weighted by atomic mass is 9.91. The topological polar surface area (TPSA) is 43.3 Å². The first-order valence-corrected chi connectivity index (χ1v) is 11.3. The van der Waals surface area contributed by atoms with Crippen LogP contribution in [0.5, 0.6) is 5.75 Å². The number of aromatic nitrogens is 1. The lowest BCUT2D eigenvalue weighted by molar-refractivity contribution is -1.02. The highest BCUT2D eigenvalue weighted by Gasteiger charge is 2.36. The Labute approximate surface area is 189 Å². The molecule has 1 saturated heterocycles. The van der Waals surface area contributed by atoms with Crippen LogP contribution in [0, 0.1) is 0 Å². The minimum Gasteiger partial charge on any atom is -0.497 e. The molecule has 3 aromatic carbocycles. The fourth-order valence-corrected chi connectivity index (χ4v) is 5.10. The fourth-order valence-electron chi connectivity index (χ4n) is 5.10. The fraction of sp³-hybridized carbons (Fsp3) is 0.259. The zero-order valence-corrected chi connectivity index (χ0v) is 18.7. The normalized spacial score (nSPS) is 19.7. The Morgan fingerprint density at radius 2 is 1.50 bits per heavy atom. The minimum atomic E-state index is 0.113. The molecule has 4 aromatic rings. The Balaban J connectivity index is 1.76. The standard InChI is InChI=1S/C27H29N3O2/c1-28-16-18-29(19-17-28)26(21-12-14-22(32-2)15-13-21)25-23-10-6-7-11-24(23)30(31)27(25)20-8-4-3-5-9-20/h3-15,26,31H,16-19H2,1-2H3/p+2/t26-/m1/s1. The molecule has 0 bridgehead atoms. The SMILES string of the molecule is COc1ccc([C@H](c2c(-c3ccccc3)n(O)c3ccccc23)[NH+]2CC[NH+](C)CC2)cc1. The van der Waals surface area contributed by atoms with Crippen LogP contribution in [0.1, 0.15) is 17.2 Å². The summed E-state index contributed by atoms with van der Waals surface area (Å²) in [5.41, 5.74) is 5.19. The Morgan fingerprint density at radius 3 is 2.19 bits per heavy atom. The lowest BCUT2D eigenvalue weighted by Crippen LogP contribution is -3.27. The molecule has 1 aromatic heterocycles. The van der Waals surface area contributed by atoms with E-state index in [0.29, 0.717) is 0 Å². The van der Waals surface area contributed by atoms with Gasteiger partial charge in [-0.15, -0.1) is 0 Å². The van der Waals surface area contributed by atoms with Gasteiger partial charge in [-0.3, -0.25) is 0 Å². The molecule has 5 rings (SSSR count). The van der Waals surface area contributed by atoms with Crippen LogP contribution in [-0.4, -0.2) is 50.3 Å². The van der Waals surface area contributed by atoms with Gasteiger partial charge in [-0.25, -0.2) is 0 Å². The van der Waals surface area contributed by atoms with Crippen molar-refractivity contribution in [2.24, 2.45) is 0 Å². The van der Waals surface area contributed by atoms with Crippen molar-refractivity contribution in [3.63, 3.8) is 0 Å². The van der Waals surface area contributed by atoms with Gasteiger partial charge in [0.1, 0.15) is 38.0 Å². The molecule has 0 radical (unpaired) electrons. The molecule has 0 amide bonds. The van der Waals surface area contributed by atoms with E-state index in [0.717, 1.165) is 54.1 Å². The Kier molecular flexibility index (Phi) is 5.60. The van der Waals surface area contributed by atoms with E-state index < -0.39 is 0 Å². The molecule has 5 nitrogen and oxygen atoms in total. The van der Waals surface area contributed by atoms with Crippen molar-refractivity contribution in [2.75, 3.05) is 40.3 Å². The maximum atomic E-state index is 11.3. The van der Waals surface area contributed by atoms with Gasteiger partial charge in [0.15, 0.2) is 0 Å². The highest BCUT2D eigenvalue weighted by Crippen LogP contribution is 2.38. The molecule has 1 aliphatic rings. The van der Waals surface area contributed by atoms with E-state index in [2.05, 4.69) is 43.4 Å². The number of quaternary nitrogens is 2. The second kappa shape index (κ2) is 8.69. The second-order valence-corrected chi connectivity index (χ2v) is 8.78. The number of hydrogen-bond acceptors (Lipinski definition) is 2. The molecule has 0 unspecified atom stereocenters. The van der Waals surface area contributed by atoms with E-state index >= 15 is 0 Å². The zero-order chi connectivity index (χ0) is 22.1. The molecule has 0 saturated carbocycles. The number of nitrogens with one attached hydrogen (secondary N) is 2. The van der Waals surface area contributed by atoms with E-state index in [1.54, 1.807) is 12.0 Å². The van der Waals surface area contributed by atoms with Gasteiger partial charge in [0.25, 0.3) is 0 Å². The van der Waals surface area contributed by atoms with Crippen LogP contribution < -0.4 is 14.5 Å². The number of para-hydroxylation sites is 1. The molecule has 5 heteroatoms. The molecule has 1 fully saturated rings. The van der Waals surface area contributed by atoms with Crippen molar-refractivity contribution in [1.29, 1.82) is 0 Å². The van der Waals surface area contributed by atoms with E-state index in [9.17, 15) is 5.21 Å². The van der Waals surface area contributed by atoms with Gasteiger partial charge in [-0.05, 0) is 30.3 Å². The summed E-state index contributed by atoms with van der Waals surface area (Å²) in [4.78, 5) is 3.12. The first kappa shape index (κ1) is 20.6. The summed E-state index contributed by atoms with van der Waals surface area (Å²) in [6.07, 6.45) is 0. The quantitative estimate of drug-likeness (QED) is 0.425. The Hall–Kier alpha value is -3.28. The van der Waals surface area contributed by atoms with Crippen LogP contribution in [0.25, 0.3) is 22.2 Å². The van der Waals surface area contributed by atoms with Crippen LogP contribution in [0.4, 0.5) is 0 Å². The van der Waals surface area contributed by atoms with E-state index in [1.807, 2.05) is 42.5 Å². The Bertz CT molecular complexity index is 1190. The number of likely N-dealkylation sites (N-methyl/N-ethyl adjacent to an activating group) is 1. The van der Waals surface area contributed by atoms with Crippen LogP contribution >= 0.6 is 0 Å². The number of hydrogen-bond donors (Lipinski definition) is 3. The van der Waals surface area contributed by atoms with Crippen LogP contribution in [0.3, 0.4) is 0 Å². The van der Waals surface area contributed by atoms with Crippen LogP contribution in [0.2, 0.25) is 0 Å². The summed E-state index contributed by atoms with van der Waals surface area (Å²) >= 11 is 0. The molecule has 164 valence electrons. The predicted molar refractivity (Wildman–Crippen MR) is 127 cm³/mol. The highest BCUT2D eigenvalue weighted by atomic mass is 16.5. The van der Waals surface area contributed by atoms with Crippen molar-refractivity contribution in [1.82, 2.24) is 4.73 Å². The van der Waals surface area contributed by atoms with Gasteiger partial charge in [0, 0.05) is 16.5 Å². The van der Waals surface area contributed by atoms with Crippen molar-refractivity contribution >= 4 is 10.9 Å². The molecular formula is C27H31N3O2+2. The van der Waals surface area contributed by atoms with Crippen LogP contribution in [0.15, 0.2) is 78.9 Å². The minimum absolute atomic E-state index is 0.113. The number of ether oxygens (including phenoxy) is 1. The largest absolute Gasteiger partial charge is 0.497 e. The third-order valence-corrected chi connectivity index (χ3v) is 6.83. The average Bonchev–Trinajstić information content (AvgIpc) is 3.14. The number of piperazine rings is 1. The number of rotatable bonds is 5. The van der Waals surface area contributed by atoms with Gasteiger partial charge in [-0.1, -0.05) is 48.5 Å². The summed E-state index contributed by atoms with van der Waals surface area (Å²) in [5, 5.41) is 12.4. The highest BCUT2D eigenvalue weighted by molar-refractivity contribution is 5.92. The average molecular weight is 430 g/mol. The molecule has 0 spiro atoms. The van der Waals surface area contributed by atoms with Crippen molar-refractivity contribution in [2.45, 2.75) is 6.04 Å². The number of benzene rings is 3. The summed E-state index contributed by atoms with van der Waals surface area (Å²) in [5.74, 6) is 0.859. The monoisotopic (exact) mass is 429 g/mol. The van der Waals surface area contributed by atoms with Gasteiger partial charge >= 0.3 is 0 Å². The predicted octanol–water partition coefficient (Wildman–Crippen LogP) is 2.06. The van der Waals surface area contributed by atoms with Crippen molar-refractivity contribution in [3.05, 3.63) is 90.0 Å². The zero-order valence-electron chi connectivity index (χ0n) is 18.7. The van der Waals surface area contributed by atoms with Gasteiger partial charge in [0.05, 0.1) is 30.9 Å². The van der Waals surface area contributed by atoms with E-state index in [4.69, 9.17) is 4.74 Å². The van der Waals surface area contributed by atoms with E-state index in [1.165, 1.54) is 20.8 Å². The maximum absolute atomic E-state index is 11.3. The second-order valence-electron chi connectivity index (χ2n) is 8.78. The third-order valence-electron chi connectivity index (χ3n) is 6.83. The lowest BCUT2D eigenvalue weighted by Gasteiger charge is -2.34. The molecule has 32 heavy (non-hydrogen) atoms. The molecule has 0 aliphatic carbocycles. The molecule has 1 atom stereocenters. The van der Waals surface area contributed by atoms with Gasteiger partial charge < -0.3 is 19.7 Å².